The van der Waals surface area contributed by atoms with E-state index < -0.39 is 0 Å². The van der Waals surface area contributed by atoms with Gasteiger partial charge < -0.3 is 9.80 Å². The van der Waals surface area contributed by atoms with E-state index in [1.165, 1.54) is 11.3 Å². The molecule has 1 aromatic carbocycles. The van der Waals surface area contributed by atoms with Crippen LogP contribution >= 0.6 is 0 Å². The third-order valence-electron chi connectivity index (χ3n) is 4.88. The van der Waals surface area contributed by atoms with E-state index in [1.807, 2.05) is 18.3 Å². The highest BCUT2D eigenvalue weighted by Crippen LogP contribution is 2.28. The molecule has 25 heavy (non-hydrogen) atoms. The van der Waals surface area contributed by atoms with Crippen molar-refractivity contribution in [3.05, 3.63) is 59.4 Å². The molecule has 0 saturated carbocycles. The summed E-state index contributed by atoms with van der Waals surface area (Å²) in [4.78, 5) is 13.8. The number of piperidine rings is 1. The average molecular weight is 342 g/mol. The molecule has 2 aromatic rings. The highest BCUT2D eigenvalue weighted by atomic mass is 19.1. The van der Waals surface area contributed by atoms with Crippen LogP contribution in [-0.2, 0) is 13.0 Å². The highest BCUT2D eigenvalue weighted by Gasteiger charge is 2.24. The molecule has 3 rings (SSSR count). The van der Waals surface area contributed by atoms with Crippen LogP contribution in [0.3, 0.4) is 0 Å². The second kappa shape index (κ2) is 8.50. The number of halogens is 1. The van der Waals surface area contributed by atoms with Crippen molar-refractivity contribution in [2.75, 3.05) is 33.7 Å². The van der Waals surface area contributed by atoms with E-state index in [-0.39, 0.29) is 5.82 Å². The van der Waals surface area contributed by atoms with Crippen molar-refractivity contribution in [3.63, 3.8) is 0 Å². The quantitative estimate of drug-likeness (QED) is 0.807. The van der Waals surface area contributed by atoms with E-state index in [0.717, 1.165) is 51.1 Å². The molecule has 5 heteroatoms. The van der Waals surface area contributed by atoms with Crippen molar-refractivity contribution < 1.29 is 4.39 Å². The van der Waals surface area contributed by atoms with Gasteiger partial charge in [0.1, 0.15) is 5.82 Å². The van der Waals surface area contributed by atoms with Crippen LogP contribution in [0.1, 0.15) is 35.7 Å². The second-order valence-corrected chi connectivity index (χ2v) is 7.12. The molecular formula is C20H27FN4. The molecule has 0 N–H and O–H groups in total. The van der Waals surface area contributed by atoms with E-state index in [4.69, 9.17) is 0 Å². The Morgan fingerprint density at radius 2 is 1.76 bits per heavy atom. The van der Waals surface area contributed by atoms with Crippen molar-refractivity contribution in [2.45, 2.75) is 31.7 Å². The van der Waals surface area contributed by atoms with E-state index in [0.29, 0.717) is 5.92 Å². The fourth-order valence-corrected chi connectivity index (χ4v) is 3.51. The van der Waals surface area contributed by atoms with Gasteiger partial charge in [-0.15, -0.1) is 0 Å². The number of hydrogen-bond acceptors (Lipinski definition) is 4. The molecule has 0 spiro atoms. The van der Waals surface area contributed by atoms with Crippen LogP contribution in [0.25, 0.3) is 0 Å². The lowest BCUT2D eigenvalue weighted by molar-refractivity contribution is 0.212. The largest absolute Gasteiger partial charge is 0.304 e. The molecule has 0 atom stereocenters. The maximum atomic E-state index is 13.0. The predicted octanol–water partition coefficient (Wildman–Crippen LogP) is 3.10. The van der Waals surface area contributed by atoms with Crippen LogP contribution < -0.4 is 0 Å². The maximum absolute atomic E-state index is 13.0. The number of rotatable bonds is 6. The lowest BCUT2D eigenvalue weighted by atomic mass is 9.91. The molecule has 2 heterocycles. The average Bonchev–Trinajstić information content (AvgIpc) is 2.62. The van der Waals surface area contributed by atoms with Gasteiger partial charge in [0.05, 0.1) is 11.4 Å². The molecule has 0 bridgehead atoms. The summed E-state index contributed by atoms with van der Waals surface area (Å²) in [6.07, 6.45) is 6.84. The first kappa shape index (κ1) is 18.0. The van der Waals surface area contributed by atoms with E-state index >= 15 is 0 Å². The number of likely N-dealkylation sites (tertiary alicyclic amines) is 1. The van der Waals surface area contributed by atoms with Gasteiger partial charge in [0.2, 0.25) is 0 Å². The number of hydrogen-bond donors (Lipinski definition) is 0. The van der Waals surface area contributed by atoms with Crippen molar-refractivity contribution in [3.8, 4) is 0 Å². The molecule has 1 fully saturated rings. The molecule has 0 amide bonds. The first-order valence-electron chi connectivity index (χ1n) is 9.03. The Morgan fingerprint density at radius 3 is 2.44 bits per heavy atom. The second-order valence-electron chi connectivity index (χ2n) is 7.12. The Morgan fingerprint density at radius 1 is 1.08 bits per heavy atom. The summed E-state index contributed by atoms with van der Waals surface area (Å²) < 4.78 is 13.0. The molecule has 1 saturated heterocycles. The van der Waals surface area contributed by atoms with E-state index in [1.54, 1.807) is 18.3 Å². The standard InChI is InChI=1S/C20H27FN4/c1-24(2)15-19-20(23-11-10-22-19)17-8-13-25(14-9-17)12-7-16-3-5-18(21)6-4-16/h3-6,10-11,17H,7-9,12-15H2,1-2H3. The topological polar surface area (TPSA) is 32.3 Å². The summed E-state index contributed by atoms with van der Waals surface area (Å²) in [7, 11) is 4.13. The maximum Gasteiger partial charge on any atom is 0.123 e. The Balaban J connectivity index is 1.53. The first-order valence-corrected chi connectivity index (χ1v) is 9.03. The van der Waals surface area contributed by atoms with Crippen molar-refractivity contribution in [1.82, 2.24) is 19.8 Å². The van der Waals surface area contributed by atoms with Crippen LogP contribution in [0.5, 0.6) is 0 Å². The van der Waals surface area contributed by atoms with Crippen LogP contribution in [0.4, 0.5) is 4.39 Å². The summed E-state index contributed by atoms with van der Waals surface area (Å²) in [5, 5.41) is 0. The zero-order valence-corrected chi connectivity index (χ0v) is 15.2. The first-order chi connectivity index (χ1) is 12.1. The van der Waals surface area contributed by atoms with Gasteiger partial charge >= 0.3 is 0 Å². The van der Waals surface area contributed by atoms with E-state index in [9.17, 15) is 4.39 Å². The SMILES string of the molecule is CN(C)Cc1nccnc1C1CCN(CCc2ccc(F)cc2)CC1. The molecule has 4 nitrogen and oxygen atoms in total. The summed E-state index contributed by atoms with van der Waals surface area (Å²) in [5.74, 6) is 0.341. The van der Waals surface area contributed by atoms with Crippen LogP contribution in [-0.4, -0.2) is 53.5 Å². The zero-order chi connectivity index (χ0) is 17.6. The number of aromatic nitrogens is 2. The minimum atomic E-state index is -0.165. The van der Waals surface area contributed by atoms with Gasteiger partial charge in [-0.05, 0) is 64.1 Å². The molecular weight excluding hydrogens is 315 g/mol. The predicted molar refractivity (Wildman–Crippen MR) is 97.9 cm³/mol. The molecule has 1 aromatic heterocycles. The summed E-state index contributed by atoms with van der Waals surface area (Å²) >= 11 is 0. The highest BCUT2D eigenvalue weighted by molar-refractivity contribution is 5.18. The van der Waals surface area contributed by atoms with E-state index in [2.05, 4.69) is 33.9 Å². The minimum Gasteiger partial charge on any atom is -0.304 e. The third kappa shape index (κ3) is 5.06. The Bertz CT molecular complexity index is 664. The van der Waals surface area contributed by atoms with Crippen LogP contribution in [0.2, 0.25) is 0 Å². The minimum absolute atomic E-state index is 0.165. The molecule has 1 aliphatic heterocycles. The van der Waals surface area contributed by atoms with Gasteiger partial charge in [-0.3, -0.25) is 9.97 Å². The lowest BCUT2D eigenvalue weighted by Crippen LogP contribution is -2.35. The van der Waals surface area contributed by atoms with Gasteiger partial charge in [-0.1, -0.05) is 12.1 Å². The number of benzene rings is 1. The van der Waals surface area contributed by atoms with Crippen LogP contribution in [0.15, 0.2) is 36.7 Å². The van der Waals surface area contributed by atoms with Gasteiger partial charge in [-0.2, -0.15) is 0 Å². The Kier molecular flexibility index (Phi) is 6.10. The van der Waals surface area contributed by atoms with Gasteiger partial charge in [0, 0.05) is 31.4 Å². The zero-order valence-electron chi connectivity index (χ0n) is 15.2. The fourth-order valence-electron chi connectivity index (χ4n) is 3.51. The molecule has 1 aliphatic rings. The van der Waals surface area contributed by atoms with Gasteiger partial charge in [-0.25, -0.2) is 4.39 Å². The molecule has 0 unspecified atom stereocenters. The number of nitrogens with zero attached hydrogens (tertiary/aromatic N) is 4. The molecule has 134 valence electrons. The van der Waals surface area contributed by atoms with Crippen molar-refractivity contribution in [1.29, 1.82) is 0 Å². The molecule has 0 radical (unpaired) electrons. The summed E-state index contributed by atoms with van der Waals surface area (Å²) in [6.45, 7) is 4.05. The normalized spacial score (nSPS) is 16.5. The summed E-state index contributed by atoms with van der Waals surface area (Å²) in [5.41, 5.74) is 3.48. The van der Waals surface area contributed by atoms with Crippen LogP contribution in [0, 0.1) is 5.82 Å². The summed E-state index contributed by atoms with van der Waals surface area (Å²) in [6, 6.07) is 6.86. The lowest BCUT2D eigenvalue weighted by Gasteiger charge is -2.32. The third-order valence-corrected chi connectivity index (χ3v) is 4.88. The molecule has 0 aliphatic carbocycles. The Hall–Kier alpha value is -1.85. The van der Waals surface area contributed by atoms with Gasteiger partial charge in [0.15, 0.2) is 0 Å². The smallest absolute Gasteiger partial charge is 0.123 e. The van der Waals surface area contributed by atoms with Crippen molar-refractivity contribution in [2.24, 2.45) is 0 Å². The monoisotopic (exact) mass is 342 g/mol. The van der Waals surface area contributed by atoms with Crippen molar-refractivity contribution >= 4 is 0 Å². The Labute approximate surface area is 149 Å². The fraction of sp³-hybridized carbons (Fsp3) is 0.500. The van der Waals surface area contributed by atoms with Gasteiger partial charge in [0.25, 0.3) is 0 Å².